The maximum atomic E-state index is 6.32. The third-order valence-electron chi connectivity index (χ3n) is 8.04. The van der Waals surface area contributed by atoms with Gasteiger partial charge in [-0.25, -0.2) is 0 Å². The first-order valence-corrected chi connectivity index (χ1v) is 14.3. The van der Waals surface area contributed by atoms with Gasteiger partial charge in [-0.1, -0.05) is 121 Å². The molecule has 0 amide bonds. The van der Waals surface area contributed by atoms with Crippen molar-refractivity contribution in [3.63, 3.8) is 0 Å². The van der Waals surface area contributed by atoms with Crippen molar-refractivity contribution in [3.05, 3.63) is 164 Å². The van der Waals surface area contributed by atoms with E-state index in [4.69, 9.17) is 4.42 Å². The minimum absolute atomic E-state index is 0.878. The fraction of sp³-hybridized carbons (Fsp3) is 0. The van der Waals surface area contributed by atoms with Crippen molar-refractivity contribution in [3.8, 4) is 22.3 Å². The zero-order valence-corrected chi connectivity index (χ0v) is 22.9. The van der Waals surface area contributed by atoms with Crippen LogP contribution in [0.1, 0.15) is 0 Å². The number of benzene rings is 7. The summed E-state index contributed by atoms with van der Waals surface area (Å²) in [7, 11) is 0. The van der Waals surface area contributed by atoms with Crippen molar-refractivity contribution in [2.45, 2.75) is 0 Å². The van der Waals surface area contributed by atoms with E-state index in [0.717, 1.165) is 39.0 Å². The second kappa shape index (κ2) is 10.1. The summed E-state index contributed by atoms with van der Waals surface area (Å²) in [5, 5.41) is 4.70. The van der Waals surface area contributed by atoms with Crippen LogP contribution in [0, 0.1) is 0 Å². The molecule has 8 aromatic rings. The number of hydrogen-bond acceptors (Lipinski definition) is 2. The molecular formula is C40H27NO. The van der Waals surface area contributed by atoms with Crippen molar-refractivity contribution < 1.29 is 4.42 Å². The maximum absolute atomic E-state index is 6.32. The topological polar surface area (TPSA) is 16.4 Å². The molecule has 0 unspecified atom stereocenters. The average Bonchev–Trinajstić information content (AvgIpc) is 3.45. The molecule has 0 aliphatic carbocycles. The lowest BCUT2D eigenvalue weighted by Crippen LogP contribution is -2.10. The molecule has 0 N–H and O–H groups in total. The molecular weight excluding hydrogens is 510 g/mol. The lowest BCUT2D eigenvalue weighted by molar-refractivity contribution is 0.669. The molecule has 0 atom stereocenters. The summed E-state index contributed by atoms with van der Waals surface area (Å²) in [5.74, 6) is 0. The van der Waals surface area contributed by atoms with Crippen LogP contribution in [-0.4, -0.2) is 0 Å². The van der Waals surface area contributed by atoms with Crippen molar-refractivity contribution in [2.75, 3.05) is 4.90 Å². The Kier molecular flexibility index (Phi) is 5.82. The molecule has 0 spiro atoms. The molecule has 0 saturated heterocycles. The van der Waals surface area contributed by atoms with Gasteiger partial charge in [0.05, 0.1) is 11.1 Å². The van der Waals surface area contributed by atoms with Crippen molar-refractivity contribution in [1.29, 1.82) is 0 Å². The molecule has 0 aliphatic heterocycles. The molecule has 0 saturated carbocycles. The van der Waals surface area contributed by atoms with Crippen molar-refractivity contribution in [2.24, 2.45) is 0 Å². The highest BCUT2D eigenvalue weighted by Gasteiger charge is 2.20. The van der Waals surface area contributed by atoms with Gasteiger partial charge in [0.15, 0.2) is 0 Å². The van der Waals surface area contributed by atoms with Crippen LogP contribution in [0.4, 0.5) is 17.1 Å². The molecule has 0 fully saturated rings. The van der Waals surface area contributed by atoms with E-state index in [-0.39, 0.29) is 0 Å². The zero-order valence-electron chi connectivity index (χ0n) is 22.9. The van der Waals surface area contributed by atoms with Crippen LogP contribution in [0.2, 0.25) is 0 Å². The van der Waals surface area contributed by atoms with Crippen LogP contribution in [0.3, 0.4) is 0 Å². The predicted octanol–water partition coefficient (Wildman–Crippen LogP) is 11.5. The average molecular weight is 538 g/mol. The first-order chi connectivity index (χ1) is 20.8. The summed E-state index contributed by atoms with van der Waals surface area (Å²) < 4.78 is 6.32. The van der Waals surface area contributed by atoms with Gasteiger partial charge in [-0.15, -0.1) is 0 Å². The molecule has 0 radical (unpaired) electrons. The molecule has 1 aromatic heterocycles. The van der Waals surface area contributed by atoms with E-state index in [2.05, 4.69) is 157 Å². The van der Waals surface area contributed by atoms with Crippen LogP contribution in [0.25, 0.3) is 55.0 Å². The van der Waals surface area contributed by atoms with Gasteiger partial charge in [-0.05, 0) is 75.5 Å². The van der Waals surface area contributed by atoms with Gasteiger partial charge in [0.25, 0.3) is 0 Å². The number of rotatable bonds is 5. The highest BCUT2D eigenvalue weighted by atomic mass is 16.3. The lowest BCUT2D eigenvalue weighted by Gasteiger charge is -2.27. The van der Waals surface area contributed by atoms with Gasteiger partial charge in [-0.3, -0.25) is 0 Å². The summed E-state index contributed by atoms with van der Waals surface area (Å²) in [6.45, 7) is 0. The number of hydrogen-bond donors (Lipinski definition) is 0. The molecule has 7 aromatic carbocycles. The SMILES string of the molecule is c1ccc(-c2cccc(N(c3cccc(-c4cccc5ccccc45)c3)c3cccc4oc5ccccc5c34)c2)cc1. The standard InChI is InChI=1S/C40H27NO/c1-2-12-28(13-3-1)30-16-8-18-32(26-30)41(37-23-11-25-39-40(37)36-21-6-7-24-38(36)42-39)33-19-9-17-31(27-33)35-22-10-15-29-14-4-5-20-34(29)35/h1-27H. The summed E-state index contributed by atoms with van der Waals surface area (Å²) in [4.78, 5) is 2.37. The van der Waals surface area contributed by atoms with Gasteiger partial charge in [0.2, 0.25) is 0 Å². The van der Waals surface area contributed by atoms with E-state index < -0.39 is 0 Å². The Hall–Kier alpha value is -5.60. The van der Waals surface area contributed by atoms with Gasteiger partial charge >= 0.3 is 0 Å². The number of fused-ring (bicyclic) bond motifs is 4. The first-order valence-electron chi connectivity index (χ1n) is 14.3. The molecule has 42 heavy (non-hydrogen) atoms. The minimum atomic E-state index is 0.878. The summed E-state index contributed by atoms with van der Waals surface area (Å²) in [5.41, 5.74) is 9.79. The summed E-state index contributed by atoms with van der Waals surface area (Å²) in [6, 6.07) is 58.0. The molecule has 1 heterocycles. The van der Waals surface area contributed by atoms with Crippen LogP contribution < -0.4 is 4.90 Å². The van der Waals surface area contributed by atoms with E-state index >= 15 is 0 Å². The fourth-order valence-corrected chi connectivity index (χ4v) is 6.11. The second-order valence-electron chi connectivity index (χ2n) is 10.6. The Morgan fingerprint density at radius 3 is 1.86 bits per heavy atom. The van der Waals surface area contributed by atoms with E-state index in [9.17, 15) is 0 Å². The number of para-hydroxylation sites is 1. The Morgan fingerprint density at radius 2 is 1.00 bits per heavy atom. The maximum Gasteiger partial charge on any atom is 0.137 e. The van der Waals surface area contributed by atoms with E-state index in [1.807, 2.05) is 12.1 Å². The van der Waals surface area contributed by atoms with Crippen LogP contribution in [-0.2, 0) is 0 Å². The molecule has 2 nitrogen and oxygen atoms in total. The van der Waals surface area contributed by atoms with Crippen LogP contribution in [0.5, 0.6) is 0 Å². The van der Waals surface area contributed by atoms with Gasteiger partial charge in [0.1, 0.15) is 11.2 Å². The second-order valence-corrected chi connectivity index (χ2v) is 10.6. The highest BCUT2D eigenvalue weighted by molar-refractivity contribution is 6.13. The predicted molar refractivity (Wildman–Crippen MR) is 177 cm³/mol. The van der Waals surface area contributed by atoms with Crippen molar-refractivity contribution >= 4 is 49.8 Å². The smallest absolute Gasteiger partial charge is 0.137 e. The van der Waals surface area contributed by atoms with Crippen LogP contribution in [0.15, 0.2) is 168 Å². The Morgan fingerprint density at radius 1 is 0.405 bits per heavy atom. The lowest BCUT2D eigenvalue weighted by atomic mass is 9.97. The number of anilines is 3. The largest absolute Gasteiger partial charge is 0.456 e. The van der Waals surface area contributed by atoms with Crippen molar-refractivity contribution in [1.82, 2.24) is 0 Å². The minimum Gasteiger partial charge on any atom is -0.456 e. The molecule has 8 rings (SSSR count). The molecule has 198 valence electrons. The molecule has 2 heteroatoms. The summed E-state index contributed by atoms with van der Waals surface area (Å²) in [6.07, 6.45) is 0. The van der Waals surface area contributed by atoms with Gasteiger partial charge in [-0.2, -0.15) is 0 Å². The Bertz CT molecular complexity index is 2200. The first kappa shape index (κ1) is 24.2. The fourth-order valence-electron chi connectivity index (χ4n) is 6.11. The molecule has 0 bridgehead atoms. The number of nitrogens with zero attached hydrogens (tertiary/aromatic N) is 1. The summed E-state index contributed by atoms with van der Waals surface area (Å²) >= 11 is 0. The van der Waals surface area contributed by atoms with E-state index in [1.165, 1.54) is 33.0 Å². The van der Waals surface area contributed by atoms with Crippen LogP contribution >= 0.6 is 0 Å². The van der Waals surface area contributed by atoms with Gasteiger partial charge in [0, 0.05) is 16.8 Å². The van der Waals surface area contributed by atoms with E-state index in [1.54, 1.807) is 0 Å². The quantitative estimate of drug-likeness (QED) is 0.217. The molecule has 0 aliphatic rings. The zero-order chi connectivity index (χ0) is 27.9. The Labute approximate surface area is 244 Å². The number of furan rings is 1. The Balaban J connectivity index is 1.38. The third kappa shape index (κ3) is 4.13. The highest BCUT2D eigenvalue weighted by Crippen LogP contribution is 2.44. The third-order valence-corrected chi connectivity index (χ3v) is 8.04. The monoisotopic (exact) mass is 537 g/mol. The van der Waals surface area contributed by atoms with Gasteiger partial charge < -0.3 is 9.32 Å². The van der Waals surface area contributed by atoms with E-state index in [0.29, 0.717) is 0 Å². The normalized spacial score (nSPS) is 11.3.